The highest BCUT2D eigenvalue weighted by Gasteiger charge is 2.59. The summed E-state index contributed by atoms with van der Waals surface area (Å²) in [5.41, 5.74) is 0. The standard InChI is InChI=1S/C14H18O4/c1-17-13(15)11-9-5-6-10(8-4-3-7(8)9)12(11)14(16)18-2/h5-12H,3-4H2,1-2H3/t7-,8-,9+,10+,11-,12-/m0/s1. The summed E-state index contributed by atoms with van der Waals surface area (Å²) in [6.45, 7) is 0. The normalized spacial score (nSPS) is 43.9. The van der Waals surface area contributed by atoms with Gasteiger partial charge in [0.15, 0.2) is 0 Å². The molecule has 0 aromatic rings. The molecule has 0 aromatic heterocycles. The molecule has 4 heteroatoms. The van der Waals surface area contributed by atoms with Crippen molar-refractivity contribution >= 4 is 11.9 Å². The lowest BCUT2D eigenvalue weighted by atomic mass is 9.46. The number of hydrogen-bond acceptors (Lipinski definition) is 4. The molecule has 4 nitrogen and oxygen atoms in total. The number of esters is 2. The molecule has 4 rings (SSSR count). The van der Waals surface area contributed by atoms with Crippen LogP contribution in [0.2, 0.25) is 0 Å². The van der Waals surface area contributed by atoms with E-state index in [9.17, 15) is 9.59 Å². The van der Waals surface area contributed by atoms with E-state index in [4.69, 9.17) is 9.47 Å². The molecule has 0 saturated heterocycles. The van der Waals surface area contributed by atoms with E-state index in [-0.39, 0.29) is 35.6 Å². The van der Waals surface area contributed by atoms with Gasteiger partial charge in [0.2, 0.25) is 0 Å². The summed E-state index contributed by atoms with van der Waals surface area (Å²) < 4.78 is 9.79. The van der Waals surface area contributed by atoms with Crippen molar-refractivity contribution in [3.05, 3.63) is 12.2 Å². The maximum absolute atomic E-state index is 12.0. The van der Waals surface area contributed by atoms with Crippen molar-refractivity contribution in [3.8, 4) is 0 Å². The first-order valence-corrected chi connectivity index (χ1v) is 6.53. The Kier molecular flexibility index (Phi) is 2.68. The van der Waals surface area contributed by atoms with E-state index in [1.807, 2.05) is 0 Å². The molecule has 4 aliphatic carbocycles. The number of carbonyl (C=O) groups is 2. The molecular formula is C14H18O4. The van der Waals surface area contributed by atoms with Crippen molar-refractivity contribution in [3.63, 3.8) is 0 Å². The molecule has 2 fully saturated rings. The van der Waals surface area contributed by atoms with Gasteiger partial charge in [0.25, 0.3) is 0 Å². The third kappa shape index (κ3) is 1.38. The second-order valence-electron chi connectivity index (χ2n) is 5.54. The summed E-state index contributed by atoms with van der Waals surface area (Å²) in [7, 11) is 2.78. The molecule has 0 aromatic carbocycles. The van der Waals surface area contributed by atoms with Crippen LogP contribution in [0.25, 0.3) is 0 Å². The summed E-state index contributed by atoms with van der Waals surface area (Å²) in [6.07, 6.45) is 6.56. The van der Waals surface area contributed by atoms with Crippen LogP contribution in [0.15, 0.2) is 12.2 Å². The number of methoxy groups -OCH3 is 2. The largest absolute Gasteiger partial charge is 0.469 e. The molecule has 4 aliphatic rings. The molecule has 98 valence electrons. The molecule has 0 N–H and O–H groups in total. The quantitative estimate of drug-likeness (QED) is 0.549. The van der Waals surface area contributed by atoms with E-state index < -0.39 is 0 Å². The van der Waals surface area contributed by atoms with Gasteiger partial charge < -0.3 is 9.47 Å². The van der Waals surface area contributed by atoms with Crippen molar-refractivity contribution in [1.29, 1.82) is 0 Å². The van der Waals surface area contributed by atoms with Crippen LogP contribution < -0.4 is 0 Å². The van der Waals surface area contributed by atoms with Gasteiger partial charge in [-0.15, -0.1) is 0 Å². The van der Waals surface area contributed by atoms with E-state index in [0.29, 0.717) is 11.8 Å². The van der Waals surface area contributed by atoms with Gasteiger partial charge in [-0.1, -0.05) is 12.2 Å². The molecule has 0 radical (unpaired) electrons. The smallest absolute Gasteiger partial charge is 0.310 e. The van der Waals surface area contributed by atoms with Crippen LogP contribution in [0.1, 0.15) is 12.8 Å². The maximum Gasteiger partial charge on any atom is 0.310 e. The predicted octanol–water partition coefficient (Wildman–Crippen LogP) is 1.41. The van der Waals surface area contributed by atoms with E-state index in [0.717, 1.165) is 12.8 Å². The third-order valence-electron chi connectivity index (χ3n) is 5.09. The van der Waals surface area contributed by atoms with Crippen LogP contribution in [-0.2, 0) is 19.1 Å². The third-order valence-corrected chi connectivity index (χ3v) is 5.09. The predicted molar refractivity (Wildman–Crippen MR) is 63.3 cm³/mol. The lowest BCUT2D eigenvalue weighted by molar-refractivity contribution is -0.174. The van der Waals surface area contributed by atoms with Gasteiger partial charge in [-0.3, -0.25) is 9.59 Å². The fraction of sp³-hybridized carbons (Fsp3) is 0.714. The first-order valence-electron chi connectivity index (χ1n) is 6.53. The summed E-state index contributed by atoms with van der Waals surface area (Å²) in [5.74, 6) is 0.203. The van der Waals surface area contributed by atoms with Crippen LogP contribution in [0, 0.1) is 35.5 Å². The van der Waals surface area contributed by atoms with E-state index in [1.54, 1.807) is 0 Å². The minimum Gasteiger partial charge on any atom is -0.469 e. The fourth-order valence-electron chi connectivity index (χ4n) is 4.18. The van der Waals surface area contributed by atoms with E-state index in [2.05, 4.69) is 12.2 Å². The van der Waals surface area contributed by atoms with Crippen LogP contribution in [-0.4, -0.2) is 26.2 Å². The zero-order valence-corrected chi connectivity index (χ0v) is 10.7. The van der Waals surface area contributed by atoms with Gasteiger partial charge >= 0.3 is 11.9 Å². The first-order chi connectivity index (χ1) is 8.69. The Bertz CT molecular complexity index is 376. The Labute approximate surface area is 106 Å². The molecule has 6 atom stereocenters. The summed E-state index contributed by atoms with van der Waals surface area (Å²) >= 11 is 0. The fourth-order valence-corrected chi connectivity index (χ4v) is 4.18. The number of rotatable bonds is 2. The Morgan fingerprint density at radius 3 is 1.56 bits per heavy atom. The number of hydrogen-bond donors (Lipinski definition) is 0. The molecule has 0 amide bonds. The molecule has 2 bridgehead atoms. The van der Waals surface area contributed by atoms with E-state index >= 15 is 0 Å². The monoisotopic (exact) mass is 250 g/mol. The van der Waals surface area contributed by atoms with E-state index in [1.165, 1.54) is 14.2 Å². The number of carbonyl (C=O) groups excluding carboxylic acids is 2. The molecule has 0 spiro atoms. The van der Waals surface area contributed by atoms with Gasteiger partial charge in [0, 0.05) is 0 Å². The van der Waals surface area contributed by atoms with Gasteiger partial charge in [0.05, 0.1) is 26.1 Å². The van der Waals surface area contributed by atoms with Gasteiger partial charge in [-0.25, -0.2) is 0 Å². The van der Waals surface area contributed by atoms with Crippen molar-refractivity contribution in [2.75, 3.05) is 14.2 Å². The average Bonchev–Trinajstić information content (AvgIpc) is 2.35. The molecule has 0 heterocycles. The molecule has 0 unspecified atom stereocenters. The Hall–Kier alpha value is -1.32. The summed E-state index contributed by atoms with van der Waals surface area (Å²) in [5, 5.41) is 0. The highest BCUT2D eigenvalue weighted by atomic mass is 16.5. The van der Waals surface area contributed by atoms with Crippen molar-refractivity contribution in [2.45, 2.75) is 12.8 Å². The van der Waals surface area contributed by atoms with Crippen LogP contribution in [0.3, 0.4) is 0 Å². The second kappa shape index (κ2) is 4.11. The van der Waals surface area contributed by atoms with Crippen LogP contribution in [0.5, 0.6) is 0 Å². The minimum absolute atomic E-state index is 0.158. The van der Waals surface area contributed by atoms with Gasteiger partial charge in [0.1, 0.15) is 0 Å². The van der Waals surface area contributed by atoms with Crippen LogP contribution >= 0.6 is 0 Å². The van der Waals surface area contributed by atoms with Gasteiger partial charge in [-0.2, -0.15) is 0 Å². The highest BCUT2D eigenvalue weighted by molar-refractivity contribution is 5.84. The molecule has 2 saturated carbocycles. The lowest BCUT2D eigenvalue weighted by Gasteiger charge is -2.57. The number of ether oxygens (including phenoxy) is 2. The Balaban J connectivity index is 1.97. The highest BCUT2D eigenvalue weighted by Crippen LogP contribution is 2.59. The maximum atomic E-state index is 12.0. The average molecular weight is 250 g/mol. The number of fused-ring (bicyclic) bond motifs is 1. The van der Waals surface area contributed by atoms with Crippen molar-refractivity contribution in [2.24, 2.45) is 35.5 Å². The topological polar surface area (TPSA) is 52.6 Å². The Morgan fingerprint density at radius 2 is 1.28 bits per heavy atom. The lowest BCUT2D eigenvalue weighted by Crippen LogP contribution is -2.57. The molecule has 0 aliphatic heterocycles. The zero-order valence-electron chi connectivity index (χ0n) is 10.7. The second-order valence-corrected chi connectivity index (χ2v) is 5.54. The first kappa shape index (κ1) is 11.8. The Morgan fingerprint density at radius 1 is 0.889 bits per heavy atom. The molecular weight excluding hydrogens is 232 g/mol. The molecule has 18 heavy (non-hydrogen) atoms. The summed E-state index contributed by atoms with van der Waals surface area (Å²) in [4.78, 5) is 24.0. The van der Waals surface area contributed by atoms with Gasteiger partial charge in [-0.05, 0) is 36.5 Å². The van der Waals surface area contributed by atoms with Crippen molar-refractivity contribution < 1.29 is 19.1 Å². The SMILES string of the molecule is COC(=O)[C@H]1[C@@H]2C=C[C@H]([C@H]3CC[C@H]23)[C@@H]1C(=O)OC. The number of allylic oxidation sites excluding steroid dienone is 2. The van der Waals surface area contributed by atoms with Crippen molar-refractivity contribution in [1.82, 2.24) is 0 Å². The summed E-state index contributed by atoms with van der Waals surface area (Å²) in [6, 6.07) is 0. The minimum atomic E-state index is -0.348. The zero-order chi connectivity index (χ0) is 12.9. The van der Waals surface area contributed by atoms with Crippen LogP contribution in [0.4, 0.5) is 0 Å².